The molecular formula is C27H39NO9. The molecule has 2 rings (SSSR count). The van der Waals surface area contributed by atoms with Gasteiger partial charge >= 0.3 is 18.2 Å². The normalized spacial score (nSPS) is 23.0. The summed E-state index contributed by atoms with van der Waals surface area (Å²) < 4.78 is 27.9. The minimum Gasteiger partial charge on any atom is -0.460 e. The van der Waals surface area contributed by atoms with Gasteiger partial charge < -0.3 is 28.5 Å². The lowest BCUT2D eigenvalue weighted by Gasteiger charge is -2.30. The van der Waals surface area contributed by atoms with E-state index in [1.807, 2.05) is 35.6 Å². The number of ether oxygens (including phenoxy) is 5. The van der Waals surface area contributed by atoms with Crippen LogP contribution in [0.25, 0.3) is 0 Å². The second kappa shape index (κ2) is 13.5. The molecule has 0 bridgehead atoms. The highest BCUT2D eigenvalue weighted by molar-refractivity contribution is 5.87. The molecule has 1 aliphatic rings. The molecule has 0 unspecified atom stereocenters. The van der Waals surface area contributed by atoms with E-state index in [4.69, 9.17) is 23.7 Å². The molecule has 10 nitrogen and oxygen atoms in total. The van der Waals surface area contributed by atoms with Crippen LogP contribution in [0.4, 0.5) is 9.59 Å². The summed E-state index contributed by atoms with van der Waals surface area (Å²) >= 11 is 0. The molecule has 2 amide bonds. The second-order valence-corrected chi connectivity index (χ2v) is 10.8. The van der Waals surface area contributed by atoms with Gasteiger partial charge in [0.2, 0.25) is 0 Å². The first-order chi connectivity index (χ1) is 17.3. The molecule has 0 saturated carbocycles. The summed E-state index contributed by atoms with van der Waals surface area (Å²) in [5.41, 5.74) is -0.843. The van der Waals surface area contributed by atoms with Crippen LogP contribution in [0.1, 0.15) is 53.5 Å². The van der Waals surface area contributed by atoms with Crippen molar-refractivity contribution in [1.29, 1.82) is 0 Å². The predicted octanol–water partition coefficient (Wildman–Crippen LogP) is 3.84. The number of carbonyl (C=O) groups is 4. The molecule has 206 valence electrons. The number of benzene rings is 1. The van der Waals surface area contributed by atoms with Crippen molar-refractivity contribution in [2.75, 3.05) is 19.8 Å². The molecule has 1 aliphatic heterocycles. The van der Waals surface area contributed by atoms with Crippen molar-refractivity contribution in [3.05, 3.63) is 35.9 Å². The van der Waals surface area contributed by atoms with Gasteiger partial charge in [0, 0.05) is 12.3 Å². The van der Waals surface area contributed by atoms with E-state index in [-0.39, 0.29) is 32.2 Å². The van der Waals surface area contributed by atoms with Gasteiger partial charge in [-0.3, -0.25) is 4.79 Å². The number of esters is 1. The molecule has 1 aromatic rings. The van der Waals surface area contributed by atoms with Crippen molar-refractivity contribution < 1.29 is 42.9 Å². The number of cyclic esters (lactones) is 1. The quantitative estimate of drug-likeness (QED) is 0.308. The third-order valence-corrected chi connectivity index (χ3v) is 5.62. The van der Waals surface area contributed by atoms with Crippen molar-refractivity contribution >= 4 is 24.4 Å². The summed E-state index contributed by atoms with van der Waals surface area (Å²) in [7, 11) is 0. The van der Waals surface area contributed by atoms with E-state index < -0.39 is 47.5 Å². The van der Waals surface area contributed by atoms with Crippen molar-refractivity contribution in [3.8, 4) is 0 Å². The highest BCUT2D eigenvalue weighted by atomic mass is 16.6. The Bertz CT molecular complexity index is 910. The molecule has 1 fully saturated rings. The zero-order valence-corrected chi connectivity index (χ0v) is 22.5. The van der Waals surface area contributed by atoms with Gasteiger partial charge in [-0.25, -0.2) is 14.9 Å². The Labute approximate surface area is 218 Å². The third kappa shape index (κ3) is 10.9. The highest BCUT2D eigenvalue weighted by Crippen LogP contribution is 2.27. The summed E-state index contributed by atoms with van der Waals surface area (Å²) in [6.45, 7) is 10.2. The Morgan fingerprint density at radius 3 is 2.32 bits per heavy atom. The van der Waals surface area contributed by atoms with Crippen molar-refractivity contribution in [1.82, 2.24) is 5.32 Å². The number of amides is 2. The van der Waals surface area contributed by atoms with Gasteiger partial charge in [-0.05, 0) is 53.5 Å². The molecule has 10 heteroatoms. The summed E-state index contributed by atoms with van der Waals surface area (Å²) in [6, 6.07) is 9.78. The van der Waals surface area contributed by atoms with Gasteiger partial charge in [-0.15, -0.1) is 0 Å². The first kappa shape index (κ1) is 30.2. The van der Waals surface area contributed by atoms with Crippen molar-refractivity contribution in [3.63, 3.8) is 0 Å². The molecule has 4 atom stereocenters. The van der Waals surface area contributed by atoms with Crippen molar-refractivity contribution in [2.45, 2.75) is 77.8 Å². The zero-order chi connectivity index (χ0) is 27.6. The number of aldehydes is 1. The van der Waals surface area contributed by atoms with Crippen LogP contribution in [0.3, 0.4) is 0 Å². The van der Waals surface area contributed by atoms with Gasteiger partial charge in [0.15, 0.2) is 0 Å². The van der Waals surface area contributed by atoms with Crippen LogP contribution in [0.2, 0.25) is 0 Å². The maximum Gasteiger partial charge on any atom is 0.417 e. The van der Waals surface area contributed by atoms with Gasteiger partial charge in [0.05, 0.1) is 19.1 Å². The monoisotopic (exact) mass is 521 g/mol. The SMILES string of the molecule is C[C@@H]1OC(=O)[C@@H](CC(C)(C)OC(=O)NC(=O)OC(C)(C)C)COC[C@H](Cc2ccccc2)[C@H]1OCC=O. The minimum absolute atomic E-state index is 0.0394. The Kier molecular flexibility index (Phi) is 11.1. The topological polar surface area (TPSA) is 126 Å². The standard InChI is InChI=1S/C27H39NO9/c1-18-22(34-13-12-29)20(14-19-10-8-7-9-11-19)16-33-17-21(23(30)35-18)15-27(5,6)37-25(32)28-24(31)36-26(2,3)4/h7-12,18,20-22H,13-17H2,1-6H3,(H,28,31,32)/t18-,20-,21-,22-/m0/s1. The largest absolute Gasteiger partial charge is 0.460 e. The lowest BCUT2D eigenvalue weighted by molar-refractivity contribution is -0.164. The molecule has 0 aliphatic carbocycles. The molecule has 0 radical (unpaired) electrons. The van der Waals surface area contributed by atoms with Crippen LogP contribution in [-0.2, 0) is 39.7 Å². The number of hydrogen-bond acceptors (Lipinski definition) is 9. The Morgan fingerprint density at radius 2 is 1.70 bits per heavy atom. The van der Waals surface area contributed by atoms with E-state index in [1.165, 1.54) is 0 Å². The number of hydrogen-bond donors (Lipinski definition) is 1. The maximum atomic E-state index is 13.1. The fourth-order valence-electron chi connectivity index (χ4n) is 4.21. The van der Waals surface area contributed by atoms with E-state index in [9.17, 15) is 19.2 Å². The fourth-order valence-corrected chi connectivity index (χ4v) is 4.21. The number of alkyl carbamates (subject to hydrolysis) is 2. The third-order valence-electron chi connectivity index (χ3n) is 5.62. The van der Waals surface area contributed by atoms with Crippen LogP contribution >= 0.6 is 0 Å². The molecule has 1 aromatic carbocycles. The van der Waals surface area contributed by atoms with Crippen LogP contribution in [0.5, 0.6) is 0 Å². The fraction of sp³-hybridized carbons (Fsp3) is 0.630. The number of nitrogens with one attached hydrogen (secondary N) is 1. The molecule has 37 heavy (non-hydrogen) atoms. The highest BCUT2D eigenvalue weighted by Gasteiger charge is 2.38. The molecule has 0 spiro atoms. The lowest BCUT2D eigenvalue weighted by atomic mass is 9.91. The lowest BCUT2D eigenvalue weighted by Crippen LogP contribution is -2.43. The Morgan fingerprint density at radius 1 is 1.05 bits per heavy atom. The molecule has 1 N–H and O–H groups in total. The number of imide groups is 1. The van der Waals surface area contributed by atoms with Gasteiger partial charge in [-0.2, -0.15) is 0 Å². The number of carbonyl (C=O) groups excluding carboxylic acids is 4. The van der Waals surface area contributed by atoms with E-state index in [2.05, 4.69) is 0 Å². The van der Waals surface area contributed by atoms with Crippen molar-refractivity contribution in [2.24, 2.45) is 11.8 Å². The van der Waals surface area contributed by atoms with E-state index in [0.29, 0.717) is 12.7 Å². The number of rotatable bonds is 8. The smallest absolute Gasteiger partial charge is 0.417 e. The summed E-state index contributed by atoms with van der Waals surface area (Å²) in [5.74, 6) is -1.45. The average Bonchev–Trinajstić information content (AvgIpc) is 2.81. The van der Waals surface area contributed by atoms with E-state index in [1.54, 1.807) is 41.5 Å². The van der Waals surface area contributed by atoms with Crippen LogP contribution in [-0.4, -0.2) is 67.7 Å². The first-order valence-corrected chi connectivity index (χ1v) is 12.4. The summed E-state index contributed by atoms with van der Waals surface area (Å²) in [5, 5.41) is 2.02. The van der Waals surface area contributed by atoms with Gasteiger partial charge in [-0.1, -0.05) is 30.3 Å². The predicted molar refractivity (Wildman–Crippen MR) is 134 cm³/mol. The van der Waals surface area contributed by atoms with E-state index >= 15 is 0 Å². The Hall–Kier alpha value is -2.98. The summed E-state index contributed by atoms with van der Waals surface area (Å²) in [4.78, 5) is 48.2. The molecular weight excluding hydrogens is 482 g/mol. The summed E-state index contributed by atoms with van der Waals surface area (Å²) in [6.07, 6.45) is -1.78. The molecule has 1 heterocycles. The van der Waals surface area contributed by atoms with Crippen LogP contribution < -0.4 is 5.32 Å². The first-order valence-electron chi connectivity index (χ1n) is 12.4. The second-order valence-electron chi connectivity index (χ2n) is 10.8. The van der Waals surface area contributed by atoms with Gasteiger partial charge in [0.25, 0.3) is 0 Å². The van der Waals surface area contributed by atoms with E-state index in [0.717, 1.165) is 5.56 Å². The zero-order valence-electron chi connectivity index (χ0n) is 22.5. The van der Waals surface area contributed by atoms with Gasteiger partial charge in [0.1, 0.15) is 36.3 Å². The molecule has 1 saturated heterocycles. The van der Waals surface area contributed by atoms with Crippen LogP contribution in [0.15, 0.2) is 30.3 Å². The minimum atomic E-state index is -1.13. The maximum absolute atomic E-state index is 13.1. The average molecular weight is 522 g/mol. The van der Waals surface area contributed by atoms with Crippen LogP contribution in [0, 0.1) is 11.8 Å². The Balaban J connectivity index is 2.08. The molecule has 0 aromatic heterocycles.